The number of hydrogen-bond donors (Lipinski definition) is 1. The SMILES string of the molecule is CC(NC1CN(C(=O)OC(C)(C)C)C1)C(F)F. The Hall–Kier alpha value is -0.910. The van der Waals surface area contributed by atoms with Crippen LogP contribution in [-0.2, 0) is 4.74 Å². The first kappa shape index (κ1) is 14.2. The molecular formula is C11H20F2N2O2. The Bertz CT molecular complexity index is 273. The van der Waals surface area contributed by atoms with Gasteiger partial charge in [-0.15, -0.1) is 0 Å². The highest BCUT2D eigenvalue weighted by molar-refractivity contribution is 5.69. The number of nitrogens with zero attached hydrogens (tertiary/aromatic N) is 1. The Labute approximate surface area is 100 Å². The third-order valence-electron chi connectivity index (χ3n) is 2.41. The first-order valence-corrected chi connectivity index (χ1v) is 5.71. The van der Waals surface area contributed by atoms with E-state index in [1.54, 1.807) is 20.8 Å². The zero-order valence-corrected chi connectivity index (χ0v) is 10.7. The van der Waals surface area contributed by atoms with Crippen molar-refractivity contribution in [3.05, 3.63) is 0 Å². The molecule has 0 radical (unpaired) electrons. The summed E-state index contributed by atoms with van der Waals surface area (Å²) in [7, 11) is 0. The molecule has 1 unspecified atom stereocenters. The van der Waals surface area contributed by atoms with Crippen molar-refractivity contribution in [2.24, 2.45) is 0 Å². The quantitative estimate of drug-likeness (QED) is 0.831. The van der Waals surface area contributed by atoms with Gasteiger partial charge in [-0.3, -0.25) is 0 Å². The lowest BCUT2D eigenvalue weighted by Crippen LogP contribution is -2.62. The van der Waals surface area contributed by atoms with E-state index in [1.165, 1.54) is 11.8 Å². The van der Waals surface area contributed by atoms with E-state index in [1.807, 2.05) is 0 Å². The Balaban J connectivity index is 2.25. The number of rotatable bonds is 3. The molecule has 1 atom stereocenters. The molecular weight excluding hydrogens is 230 g/mol. The van der Waals surface area contributed by atoms with E-state index in [4.69, 9.17) is 4.74 Å². The first-order chi connectivity index (χ1) is 7.69. The zero-order valence-electron chi connectivity index (χ0n) is 10.7. The van der Waals surface area contributed by atoms with Gasteiger partial charge in [0.25, 0.3) is 6.43 Å². The van der Waals surface area contributed by atoms with Crippen molar-refractivity contribution in [2.75, 3.05) is 13.1 Å². The third-order valence-corrected chi connectivity index (χ3v) is 2.41. The van der Waals surface area contributed by atoms with Crippen molar-refractivity contribution in [3.8, 4) is 0 Å². The van der Waals surface area contributed by atoms with E-state index in [9.17, 15) is 13.6 Å². The second kappa shape index (κ2) is 5.16. The van der Waals surface area contributed by atoms with Crippen molar-refractivity contribution in [2.45, 2.75) is 51.8 Å². The topological polar surface area (TPSA) is 41.6 Å². The minimum atomic E-state index is -2.38. The zero-order chi connectivity index (χ0) is 13.2. The summed E-state index contributed by atoms with van der Waals surface area (Å²) < 4.78 is 29.7. The Kier molecular flexibility index (Phi) is 4.30. The summed E-state index contributed by atoms with van der Waals surface area (Å²) in [6.07, 6.45) is -2.77. The van der Waals surface area contributed by atoms with Gasteiger partial charge in [0, 0.05) is 19.1 Å². The molecule has 0 saturated carbocycles. The second-order valence-electron chi connectivity index (χ2n) is 5.37. The van der Waals surface area contributed by atoms with E-state index in [0.717, 1.165) is 0 Å². The Morgan fingerprint density at radius 1 is 1.41 bits per heavy atom. The molecule has 1 aliphatic rings. The Morgan fingerprint density at radius 2 is 1.94 bits per heavy atom. The molecule has 6 heteroatoms. The molecule has 0 bridgehead atoms. The van der Waals surface area contributed by atoms with Gasteiger partial charge in [0.1, 0.15) is 5.60 Å². The van der Waals surface area contributed by atoms with Crippen LogP contribution in [-0.4, -0.2) is 48.2 Å². The fourth-order valence-corrected chi connectivity index (χ4v) is 1.50. The summed E-state index contributed by atoms with van der Waals surface area (Å²) in [6.45, 7) is 7.65. The summed E-state index contributed by atoms with van der Waals surface area (Å²) >= 11 is 0. The van der Waals surface area contributed by atoms with Gasteiger partial charge in [-0.1, -0.05) is 0 Å². The fourth-order valence-electron chi connectivity index (χ4n) is 1.50. The molecule has 0 aromatic rings. The maximum absolute atomic E-state index is 12.3. The summed E-state index contributed by atoms with van der Waals surface area (Å²) in [5.74, 6) is 0. The van der Waals surface area contributed by atoms with Crippen molar-refractivity contribution in [1.29, 1.82) is 0 Å². The third kappa shape index (κ3) is 4.46. The predicted molar refractivity (Wildman–Crippen MR) is 60.2 cm³/mol. The van der Waals surface area contributed by atoms with Crippen LogP contribution < -0.4 is 5.32 Å². The molecule has 0 spiro atoms. The number of ether oxygens (including phenoxy) is 1. The minimum absolute atomic E-state index is 0.0634. The van der Waals surface area contributed by atoms with Gasteiger partial charge >= 0.3 is 6.09 Å². The van der Waals surface area contributed by atoms with Crippen LogP contribution in [0.2, 0.25) is 0 Å². The van der Waals surface area contributed by atoms with E-state index >= 15 is 0 Å². The normalized spacial score (nSPS) is 19.1. The maximum atomic E-state index is 12.3. The number of likely N-dealkylation sites (tertiary alicyclic amines) is 1. The second-order valence-corrected chi connectivity index (χ2v) is 5.37. The predicted octanol–water partition coefficient (Wildman–Crippen LogP) is 1.85. The van der Waals surface area contributed by atoms with E-state index in [2.05, 4.69) is 5.32 Å². The summed E-state index contributed by atoms with van der Waals surface area (Å²) in [5.41, 5.74) is -0.522. The number of carbonyl (C=O) groups is 1. The van der Waals surface area contributed by atoms with Crippen molar-refractivity contribution >= 4 is 6.09 Å². The van der Waals surface area contributed by atoms with Crippen LogP contribution in [0, 0.1) is 0 Å². The van der Waals surface area contributed by atoms with E-state index in [-0.39, 0.29) is 12.1 Å². The highest BCUT2D eigenvalue weighted by Gasteiger charge is 2.35. The highest BCUT2D eigenvalue weighted by atomic mass is 19.3. The summed E-state index contributed by atoms with van der Waals surface area (Å²) in [4.78, 5) is 13.0. The van der Waals surface area contributed by atoms with Crippen molar-refractivity contribution < 1.29 is 18.3 Å². The maximum Gasteiger partial charge on any atom is 0.410 e. The fraction of sp³-hybridized carbons (Fsp3) is 0.909. The van der Waals surface area contributed by atoms with Gasteiger partial charge < -0.3 is 15.0 Å². The number of nitrogens with one attached hydrogen (secondary N) is 1. The number of amides is 1. The number of alkyl halides is 2. The van der Waals surface area contributed by atoms with E-state index < -0.39 is 18.1 Å². The average molecular weight is 250 g/mol. The van der Waals surface area contributed by atoms with Gasteiger partial charge in [-0.2, -0.15) is 0 Å². The lowest BCUT2D eigenvalue weighted by Gasteiger charge is -2.41. The number of carbonyl (C=O) groups excluding carboxylic acids is 1. The van der Waals surface area contributed by atoms with Crippen LogP contribution in [0.3, 0.4) is 0 Å². The molecule has 1 heterocycles. The van der Waals surface area contributed by atoms with E-state index in [0.29, 0.717) is 13.1 Å². The van der Waals surface area contributed by atoms with Crippen LogP contribution in [0.1, 0.15) is 27.7 Å². The Morgan fingerprint density at radius 3 is 2.35 bits per heavy atom. The largest absolute Gasteiger partial charge is 0.444 e. The molecule has 1 saturated heterocycles. The molecule has 1 N–H and O–H groups in total. The number of hydrogen-bond acceptors (Lipinski definition) is 3. The molecule has 100 valence electrons. The highest BCUT2D eigenvalue weighted by Crippen LogP contribution is 2.16. The van der Waals surface area contributed by atoms with Crippen LogP contribution >= 0.6 is 0 Å². The van der Waals surface area contributed by atoms with Crippen molar-refractivity contribution in [1.82, 2.24) is 10.2 Å². The molecule has 4 nitrogen and oxygen atoms in total. The summed E-state index contributed by atoms with van der Waals surface area (Å²) in [5, 5.41) is 2.76. The van der Waals surface area contributed by atoms with Gasteiger partial charge in [0.05, 0.1) is 6.04 Å². The lowest BCUT2D eigenvalue weighted by molar-refractivity contribution is 0.000626. The number of halogens is 2. The first-order valence-electron chi connectivity index (χ1n) is 5.71. The molecule has 1 fully saturated rings. The molecule has 1 rings (SSSR count). The minimum Gasteiger partial charge on any atom is -0.444 e. The van der Waals surface area contributed by atoms with Crippen LogP contribution in [0.15, 0.2) is 0 Å². The average Bonchev–Trinajstić information content (AvgIpc) is 2.06. The molecule has 1 amide bonds. The molecule has 1 aliphatic heterocycles. The molecule has 0 aliphatic carbocycles. The van der Waals surface area contributed by atoms with Crippen LogP contribution in [0.5, 0.6) is 0 Å². The van der Waals surface area contributed by atoms with Gasteiger partial charge in [0.2, 0.25) is 0 Å². The van der Waals surface area contributed by atoms with Gasteiger partial charge in [0.15, 0.2) is 0 Å². The smallest absolute Gasteiger partial charge is 0.410 e. The lowest BCUT2D eigenvalue weighted by atomic mass is 10.1. The van der Waals surface area contributed by atoms with Gasteiger partial charge in [-0.05, 0) is 27.7 Å². The molecule has 17 heavy (non-hydrogen) atoms. The summed E-state index contributed by atoms with van der Waals surface area (Å²) in [6, 6.07) is -0.910. The van der Waals surface area contributed by atoms with Crippen LogP contribution in [0.4, 0.5) is 13.6 Å². The van der Waals surface area contributed by atoms with Gasteiger partial charge in [-0.25, -0.2) is 13.6 Å². The van der Waals surface area contributed by atoms with Crippen LogP contribution in [0.25, 0.3) is 0 Å². The monoisotopic (exact) mass is 250 g/mol. The van der Waals surface area contributed by atoms with Crippen molar-refractivity contribution in [3.63, 3.8) is 0 Å². The molecule has 0 aromatic heterocycles. The molecule has 0 aromatic carbocycles. The standard InChI is InChI=1S/C11H20F2N2O2/c1-7(9(12)13)14-8-5-15(6-8)10(16)17-11(2,3)4/h7-9,14H,5-6H2,1-4H3.